The van der Waals surface area contributed by atoms with Crippen LogP contribution < -0.4 is 5.73 Å². The fourth-order valence-corrected chi connectivity index (χ4v) is 2.84. The Labute approximate surface area is 110 Å². The van der Waals surface area contributed by atoms with Crippen LogP contribution in [0.4, 0.5) is 0 Å². The molecule has 2 N–H and O–H groups in total. The van der Waals surface area contributed by atoms with Gasteiger partial charge in [-0.2, -0.15) is 0 Å². The third kappa shape index (κ3) is 2.99. The Morgan fingerprint density at radius 1 is 1.33 bits per heavy atom. The summed E-state index contributed by atoms with van der Waals surface area (Å²) < 4.78 is 0. The van der Waals surface area contributed by atoms with Gasteiger partial charge in [-0.3, -0.25) is 4.79 Å². The smallest absolute Gasteiger partial charge is 0.141 e. The van der Waals surface area contributed by atoms with Gasteiger partial charge in [0, 0.05) is 18.9 Å². The first-order valence-electron chi connectivity index (χ1n) is 7.08. The number of Topliss-reactive ketones (excluding diaryl/α,β-unsaturated/α-hetero) is 1. The van der Waals surface area contributed by atoms with Gasteiger partial charge in [0.2, 0.25) is 0 Å². The van der Waals surface area contributed by atoms with Crippen LogP contribution in [0.1, 0.15) is 42.9 Å². The second-order valence-electron chi connectivity index (χ2n) is 5.32. The first-order valence-corrected chi connectivity index (χ1v) is 7.08. The summed E-state index contributed by atoms with van der Waals surface area (Å²) in [5, 5.41) is 0. The van der Waals surface area contributed by atoms with E-state index in [9.17, 15) is 4.79 Å². The molecule has 0 amide bonds. The summed E-state index contributed by atoms with van der Waals surface area (Å²) in [5.74, 6) is 0.348. The second kappa shape index (κ2) is 6.14. The molecule has 1 aromatic carbocycles. The number of hydrogen-bond acceptors (Lipinski definition) is 2. The molecule has 98 valence electrons. The van der Waals surface area contributed by atoms with Crippen LogP contribution >= 0.6 is 0 Å². The van der Waals surface area contributed by atoms with E-state index >= 15 is 0 Å². The van der Waals surface area contributed by atoms with Crippen molar-refractivity contribution in [2.75, 3.05) is 6.54 Å². The maximum Gasteiger partial charge on any atom is 0.141 e. The van der Waals surface area contributed by atoms with Crippen molar-refractivity contribution in [1.82, 2.24) is 0 Å². The Morgan fingerprint density at radius 2 is 2.11 bits per heavy atom. The van der Waals surface area contributed by atoms with E-state index in [0.717, 1.165) is 18.4 Å². The van der Waals surface area contributed by atoms with E-state index in [1.165, 1.54) is 30.4 Å². The predicted octanol–water partition coefficient (Wildman–Crippen LogP) is 2.66. The summed E-state index contributed by atoms with van der Waals surface area (Å²) in [6.07, 6.45) is 6.12. The molecule has 0 radical (unpaired) electrons. The Kier molecular flexibility index (Phi) is 4.54. The molecule has 2 rings (SSSR count). The topological polar surface area (TPSA) is 43.1 Å². The molecule has 2 heteroatoms. The highest BCUT2D eigenvalue weighted by Gasteiger charge is 2.17. The van der Waals surface area contributed by atoms with E-state index < -0.39 is 0 Å². The molecule has 0 aliphatic heterocycles. The highest BCUT2D eigenvalue weighted by molar-refractivity contribution is 5.83. The van der Waals surface area contributed by atoms with Gasteiger partial charge in [-0.1, -0.05) is 31.5 Å². The van der Waals surface area contributed by atoms with Gasteiger partial charge in [0.1, 0.15) is 5.78 Å². The Bertz CT molecular complexity index is 425. The van der Waals surface area contributed by atoms with Crippen molar-refractivity contribution in [2.45, 2.75) is 45.4 Å². The van der Waals surface area contributed by atoms with Gasteiger partial charge in [-0.25, -0.2) is 0 Å². The van der Waals surface area contributed by atoms with Gasteiger partial charge in [-0.15, -0.1) is 0 Å². The molecule has 1 unspecified atom stereocenters. The summed E-state index contributed by atoms with van der Waals surface area (Å²) >= 11 is 0. The highest BCUT2D eigenvalue weighted by Crippen LogP contribution is 2.23. The zero-order chi connectivity index (χ0) is 13.0. The molecular weight excluding hydrogens is 222 g/mol. The molecule has 0 heterocycles. The van der Waals surface area contributed by atoms with Crippen LogP contribution in [0.3, 0.4) is 0 Å². The highest BCUT2D eigenvalue weighted by atomic mass is 16.1. The van der Waals surface area contributed by atoms with Crippen molar-refractivity contribution >= 4 is 5.78 Å². The number of carbonyl (C=O) groups is 1. The lowest BCUT2D eigenvalue weighted by atomic mass is 9.93. The van der Waals surface area contributed by atoms with Crippen molar-refractivity contribution < 1.29 is 4.79 Å². The number of hydrogen-bond donors (Lipinski definition) is 1. The number of ketones is 1. The van der Waals surface area contributed by atoms with E-state index in [0.29, 0.717) is 18.7 Å². The summed E-state index contributed by atoms with van der Waals surface area (Å²) in [7, 11) is 0. The molecule has 18 heavy (non-hydrogen) atoms. The summed E-state index contributed by atoms with van der Waals surface area (Å²) in [6.45, 7) is 2.59. The summed E-state index contributed by atoms with van der Waals surface area (Å²) in [5.41, 5.74) is 9.76. The van der Waals surface area contributed by atoms with Crippen LogP contribution in [-0.4, -0.2) is 12.3 Å². The number of nitrogens with two attached hydrogens (primary N) is 1. The van der Waals surface area contributed by atoms with Crippen molar-refractivity contribution in [3.05, 3.63) is 34.9 Å². The molecule has 0 bridgehead atoms. The van der Waals surface area contributed by atoms with Crippen molar-refractivity contribution in [1.29, 1.82) is 0 Å². The molecule has 0 fully saturated rings. The Balaban J connectivity index is 2.02. The average molecular weight is 245 g/mol. The molecule has 0 spiro atoms. The van der Waals surface area contributed by atoms with Crippen LogP contribution in [0.5, 0.6) is 0 Å². The van der Waals surface area contributed by atoms with Gasteiger partial charge in [0.25, 0.3) is 0 Å². The van der Waals surface area contributed by atoms with Gasteiger partial charge in [0.15, 0.2) is 0 Å². The molecule has 1 aliphatic carbocycles. The van der Waals surface area contributed by atoms with Gasteiger partial charge >= 0.3 is 0 Å². The van der Waals surface area contributed by atoms with E-state index in [-0.39, 0.29) is 5.92 Å². The lowest BCUT2D eigenvalue weighted by Crippen LogP contribution is -2.25. The number of fused-ring (bicyclic) bond motifs is 1. The minimum Gasteiger partial charge on any atom is -0.330 e. The number of carbonyl (C=O) groups excluding carboxylic acids is 1. The number of benzene rings is 1. The third-order valence-electron chi connectivity index (χ3n) is 3.92. The molecule has 1 aliphatic rings. The Hall–Kier alpha value is -1.15. The van der Waals surface area contributed by atoms with Crippen LogP contribution in [0.2, 0.25) is 0 Å². The minimum atomic E-state index is 0.0447. The molecule has 1 aromatic rings. The van der Waals surface area contributed by atoms with Crippen LogP contribution in [0.25, 0.3) is 0 Å². The fourth-order valence-electron chi connectivity index (χ4n) is 2.84. The average Bonchev–Trinajstić information content (AvgIpc) is 2.83. The predicted molar refractivity (Wildman–Crippen MR) is 74.6 cm³/mol. The molecule has 0 saturated carbocycles. The first-order chi connectivity index (χ1) is 8.74. The number of aryl methyl sites for hydroxylation is 2. The largest absolute Gasteiger partial charge is 0.330 e. The third-order valence-corrected chi connectivity index (χ3v) is 3.92. The van der Waals surface area contributed by atoms with Gasteiger partial charge < -0.3 is 5.73 Å². The van der Waals surface area contributed by atoms with Gasteiger partial charge in [-0.05, 0) is 42.4 Å². The quantitative estimate of drug-likeness (QED) is 0.837. The van der Waals surface area contributed by atoms with E-state index in [2.05, 4.69) is 25.1 Å². The monoisotopic (exact) mass is 245 g/mol. The lowest BCUT2D eigenvalue weighted by Gasteiger charge is -2.12. The fraction of sp³-hybridized carbons (Fsp3) is 0.562. The van der Waals surface area contributed by atoms with Crippen LogP contribution in [-0.2, 0) is 24.1 Å². The molecule has 1 atom stereocenters. The van der Waals surface area contributed by atoms with Gasteiger partial charge in [0.05, 0.1) is 0 Å². The second-order valence-corrected chi connectivity index (χ2v) is 5.32. The summed E-state index contributed by atoms with van der Waals surface area (Å²) in [6, 6.07) is 6.53. The zero-order valence-corrected chi connectivity index (χ0v) is 11.2. The first kappa shape index (κ1) is 13.3. The van der Waals surface area contributed by atoms with E-state index in [4.69, 9.17) is 5.73 Å². The SMILES string of the molecule is CCCC(CN)C(=O)Cc1ccc2c(c1)CCC2. The Morgan fingerprint density at radius 3 is 2.83 bits per heavy atom. The summed E-state index contributed by atoms with van der Waals surface area (Å²) in [4.78, 5) is 12.2. The molecule has 0 aromatic heterocycles. The maximum absolute atomic E-state index is 12.2. The van der Waals surface area contributed by atoms with Crippen molar-refractivity contribution in [2.24, 2.45) is 11.7 Å². The normalized spacial score (nSPS) is 15.4. The number of rotatable bonds is 6. The lowest BCUT2D eigenvalue weighted by molar-refractivity contribution is -0.122. The molecular formula is C16H23NO. The van der Waals surface area contributed by atoms with Crippen molar-refractivity contribution in [3.8, 4) is 0 Å². The molecule has 2 nitrogen and oxygen atoms in total. The maximum atomic E-state index is 12.2. The van der Waals surface area contributed by atoms with E-state index in [1.54, 1.807) is 0 Å². The molecule has 0 saturated heterocycles. The minimum absolute atomic E-state index is 0.0447. The zero-order valence-electron chi connectivity index (χ0n) is 11.2. The van der Waals surface area contributed by atoms with Crippen molar-refractivity contribution in [3.63, 3.8) is 0 Å². The van der Waals surface area contributed by atoms with Crippen LogP contribution in [0, 0.1) is 5.92 Å². The standard InChI is InChI=1S/C16H23NO/c1-2-4-15(11-17)16(18)10-12-7-8-13-5-3-6-14(13)9-12/h7-9,15H,2-6,10-11,17H2,1H3. The van der Waals surface area contributed by atoms with E-state index in [1.807, 2.05) is 0 Å². The van der Waals surface area contributed by atoms with Crippen LogP contribution in [0.15, 0.2) is 18.2 Å².